The molecule has 0 atom stereocenters. The fraction of sp³-hybridized carbons (Fsp3) is 0.192. The minimum Gasteiger partial charge on any atom is -0.325 e. The van der Waals surface area contributed by atoms with E-state index in [2.05, 4.69) is 47.4 Å². The van der Waals surface area contributed by atoms with Crippen LogP contribution >= 0.6 is 0 Å². The molecule has 0 unspecified atom stereocenters. The molecule has 3 N–H and O–H groups in total. The van der Waals surface area contributed by atoms with Crippen molar-refractivity contribution < 1.29 is 4.79 Å². The molecule has 6 heterocycles. The second-order valence-corrected chi connectivity index (χ2v) is 8.84. The molecule has 37 heavy (non-hydrogen) atoms. The topological polar surface area (TPSA) is 143 Å². The molecule has 0 fully saturated rings. The molecule has 1 amide bonds. The Kier molecular flexibility index (Phi) is 5.64. The molecule has 11 nitrogen and oxygen atoms in total. The number of carbonyl (C=O) groups excluding carboxylic acids is 1. The Morgan fingerprint density at radius 2 is 1.97 bits per heavy atom. The summed E-state index contributed by atoms with van der Waals surface area (Å²) in [7, 11) is 0. The number of fused-ring (bicyclic) bond motifs is 2. The number of carbonyl (C=O) groups is 1. The Hall–Kier alpha value is -4.93. The summed E-state index contributed by atoms with van der Waals surface area (Å²) >= 11 is 0. The van der Waals surface area contributed by atoms with Crippen molar-refractivity contribution >= 4 is 33.8 Å². The zero-order valence-corrected chi connectivity index (χ0v) is 20.4. The molecule has 0 saturated heterocycles. The summed E-state index contributed by atoms with van der Waals surface area (Å²) in [4.78, 5) is 37.9. The zero-order chi connectivity index (χ0) is 25.4. The SMILES string of the molecule is CCCCC(=O)Nc1cncc(-c2cnc3[nH]nc(-c4nc5c(-n6cnc(C)c6)ccnc5[nH]4)c3c2)c1. The van der Waals surface area contributed by atoms with Gasteiger partial charge in [0.25, 0.3) is 0 Å². The van der Waals surface area contributed by atoms with Crippen LogP contribution in [0.3, 0.4) is 0 Å². The van der Waals surface area contributed by atoms with Gasteiger partial charge in [0.05, 0.1) is 35.0 Å². The van der Waals surface area contributed by atoms with E-state index in [-0.39, 0.29) is 5.91 Å². The van der Waals surface area contributed by atoms with E-state index in [1.165, 1.54) is 0 Å². The number of nitrogens with zero attached hydrogens (tertiary/aromatic N) is 7. The lowest BCUT2D eigenvalue weighted by Gasteiger charge is -2.07. The molecule has 6 aromatic heterocycles. The largest absolute Gasteiger partial charge is 0.325 e. The number of hydrogen-bond donors (Lipinski definition) is 3. The van der Waals surface area contributed by atoms with Gasteiger partial charge in [-0.3, -0.25) is 14.9 Å². The van der Waals surface area contributed by atoms with E-state index in [0.717, 1.165) is 40.7 Å². The van der Waals surface area contributed by atoms with Crippen LogP contribution in [0.1, 0.15) is 31.9 Å². The molecule has 184 valence electrons. The summed E-state index contributed by atoms with van der Waals surface area (Å²) in [5.41, 5.74) is 6.74. The molecule has 0 aromatic carbocycles. The Balaban J connectivity index is 1.37. The first-order chi connectivity index (χ1) is 18.1. The van der Waals surface area contributed by atoms with Crippen LogP contribution in [0.2, 0.25) is 0 Å². The van der Waals surface area contributed by atoms with E-state index in [4.69, 9.17) is 4.98 Å². The molecule has 6 rings (SSSR count). The van der Waals surface area contributed by atoms with E-state index >= 15 is 0 Å². The lowest BCUT2D eigenvalue weighted by Crippen LogP contribution is -2.11. The van der Waals surface area contributed by atoms with Crippen molar-refractivity contribution in [3.63, 3.8) is 0 Å². The maximum atomic E-state index is 12.2. The Morgan fingerprint density at radius 3 is 2.81 bits per heavy atom. The van der Waals surface area contributed by atoms with Gasteiger partial charge in [-0.05, 0) is 31.5 Å². The number of pyridine rings is 3. The van der Waals surface area contributed by atoms with Gasteiger partial charge in [0.2, 0.25) is 5.91 Å². The molecular formula is C26H24N10O. The number of nitrogens with one attached hydrogen (secondary N) is 3. The number of rotatable bonds is 7. The third-order valence-electron chi connectivity index (χ3n) is 6.11. The lowest BCUT2D eigenvalue weighted by atomic mass is 10.1. The van der Waals surface area contributed by atoms with Gasteiger partial charge in [-0.2, -0.15) is 5.10 Å². The predicted octanol–water partition coefficient (Wildman–Crippen LogP) is 4.58. The van der Waals surface area contributed by atoms with Gasteiger partial charge < -0.3 is 14.9 Å². The number of aromatic nitrogens is 9. The third kappa shape index (κ3) is 4.31. The average Bonchev–Trinajstić information content (AvgIpc) is 3.64. The van der Waals surface area contributed by atoms with Crippen LogP contribution in [0.5, 0.6) is 0 Å². The zero-order valence-electron chi connectivity index (χ0n) is 20.4. The van der Waals surface area contributed by atoms with Crippen molar-refractivity contribution in [1.29, 1.82) is 0 Å². The lowest BCUT2D eigenvalue weighted by molar-refractivity contribution is -0.116. The van der Waals surface area contributed by atoms with E-state index in [9.17, 15) is 4.79 Å². The molecule has 0 spiro atoms. The highest BCUT2D eigenvalue weighted by molar-refractivity contribution is 5.95. The second-order valence-electron chi connectivity index (χ2n) is 8.84. The highest BCUT2D eigenvalue weighted by Gasteiger charge is 2.17. The van der Waals surface area contributed by atoms with E-state index < -0.39 is 0 Å². The van der Waals surface area contributed by atoms with Gasteiger partial charge in [-0.25, -0.2) is 19.9 Å². The van der Waals surface area contributed by atoms with Crippen molar-refractivity contribution in [2.75, 3.05) is 5.32 Å². The van der Waals surface area contributed by atoms with Gasteiger partial charge >= 0.3 is 0 Å². The van der Waals surface area contributed by atoms with Gasteiger partial charge in [-0.15, -0.1) is 0 Å². The first-order valence-corrected chi connectivity index (χ1v) is 12.0. The van der Waals surface area contributed by atoms with Gasteiger partial charge in [0.1, 0.15) is 11.2 Å². The number of amides is 1. The van der Waals surface area contributed by atoms with E-state index in [0.29, 0.717) is 40.4 Å². The second kappa shape index (κ2) is 9.26. The van der Waals surface area contributed by atoms with Crippen LogP contribution < -0.4 is 5.32 Å². The Bertz CT molecular complexity index is 1750. The first-order valence-electron chi connectivity index (χ1n) is 12.0. The Morgan fingerprint density at radius 1 is 1.08 bits per heavy atom. The minimum atomic E-state index is -0.0183. The van der Waals surface area contributed by atoms with Crippen LogP contribution in [0, 0.1) is 6.92 Å². The monoisotopic (exact) mass is 492 g/mol. The van der Waals surface area contributed by atoms with E-state index in [1.807, 2.05) is 35.9 Å². The maximum Gasteiger partial charge on any atom is 0.224 e. The van der Waals surface area contributed by atoms with Crippen molar-refractivity contribution in [2.24, 2.45) is 0 Å². The minimum absolute atomic E-state index is 0.0183. The van der Waals surface area contributed by atoms with Gasteiger partial charge in [-0.1, -0.05) is 13.3 Å². The Labute approximate surface area is 211 Å². The van der Waals surface area contributed by atoms with Crippen molar-refractivity contribution in [2.45, 2.75) is 33.1 Å². The fourth-order valence-corrected chi connectivity index (χ4v) is 4.24. The summed E-state index contributed by atoms with van der Waals surface area (Å²) in [6.07, 6.45) is 12.9. The number of anilines is 1. The fourth-order valence-electron chi connectivity index (χ4n) is 4.24. The summed E-state index contributed by atoms with van der Waals surface area (Å²) in [5, 5.41) is 11.2. The number of H-pyrrole nitrogens is 2. The van der Waals surface area contributed by atoms with E-state index in [1.54, 1.807) is 31.1 Å². The quantitative estimate of drug-likeness (QED) is 0.296. The number of aryl methyl sites for hydroxylation is 1. The van der Waals surface area contributed by atoms with Gasteiger partial charge in [0, 0.05) is 42.3 Å². The molecule has 6 aromatic rings. The molecule has 0 saturated carbocycles. The predicted molar refractivity (Wildman–Crippen MR) is 140 cm³/mol. The molecule has 11 heteroatoms. The highest BCUT2D eigenvalue weighted by atomic mass is 16.1. The van der Waals surface area contributed by atoms with Crippen molar-refractivity contribution in [3.8, 4) is 28.3 Å². The number of aromatic amines is 2. The molecule has 0 bridgehead atoms. The van der Waals surface area contributed by atoms with Crippen LogP contribution in [-0.4, -0.2) is 50.6 Å². The first kappa shape index (κ1) is 22.5. The van der Waals surface area contributed by atoms with Crippen molar-refractivity contribution in [3.05, 3.63) is 61.2 Å². The molecule has 0 aliphatic rings. The molecular weight excluding hydrogens is 468 g/mol. The van der Waals surface area contributed by atoms with Crippen LogP contribution in [-0.2, 0) is 4.79 Å². The van der Waals surface area contributed by atoms with Crippen LogP contribution in [0.15, 0.2) is 55.5 Å². The number of hydrogen-bond acceptors (Lipinski definition) is 7. The van der Waals surface area contributed by atoms with Crippen LogP contribution in [0.25, 0.3) is 50.5 Å². The standard InChI is InChI=1S/C26H24N10O/c1-3-4-5-21(37)31-18-8-16(10-27-12-18)17-9-19-22(34-35-24(19)29-11-17)26-32-23-20(6-7-28-25(23)33-26)36-13-15(2)30-14-36/h6-14H,3-5H2,1-2H3,(H,31,37)(H,28,32,33)(H,29,34,35). The third-order valence-corrected chi connectivity index (χ3v) is 6.11. The summed E-state index contributed by atoms with van der Waals surface area (Å²) < 4.78 is 1.92. The summed E-state index contributed by atoms with van der Waals surface area (Å²) in [5.74, 6) is 0.558. The maximum absolute atomic E-state index is 12.2. The number of unbranched alkanes of at least 4 members (excludes halogenated alkanes) is 1. The van der Waals surface area contributed by atoms with Crippen LogP contribution in [0.4, 0.5) is 5.69 Å². The average molecular weight is 493 g/mol. The smallest absolute Gasteiger partial charge is 0.224 e. The normalized spacial score (nSPS) is 11.4. The summed E-state index contributed by atoms with van der Waals surface area (Å²) in [6, 6.07) is 5.78. The van der Waals surface area contributed by atoms with Gasteiger partial charge in [0.15, 0.2) is 17.1 Å². The highest BCUT2D eigenvalue weighted by Crippen LogP contribution is 2.30. The summed E-state index contributed by atoms with van der Waals surface area (Å²) in [6.45, 7) is 4.00. The number of imidazole rings is 2. The molecule has 0 aliphatic carbocycles. The molecule has 0 aliphatic heterocycles. The van der Waals surface area contributed by atoms with Crippen molar-refractivity contribution in [1.82, 2.24) is 44.7 Å². The molecule has 0 radical (unpaired) electrons.